The van der Waals surface area contributed by atoms with E-state index in [1.165, 1.54) is 5.56 Å². The number of carbonyl (C=O) groups is 1. The summed E-state index contributed by atoms with van der Waals surface area (Å²) < 4.78 is 5.22. The molecule has 0 saturated heterocycles. The van der Waals surface area contributed by atoms with Crippen LogP contribution in [0.1, 0.15) is 12.0 Å². The van der Waals surface area contributed by atoms with E-state index in [9.17, 15) is 4.79 Å². The number of aliphatic carboxylic acids is 1. The number of aryl methyl sites for hydroxylation is 1. The SMILES string of the molecule is COc1ccc2c3c(ccc2c1)N[C@@H](C(=O)O)CC3. The second kappa shape index (κ2) is 4.46. The molecule has 2 aromatic carbocycles. The van der Waals surface area contributed by atoms with Crippen LogP contribution < -0.4 is 10.1 Å². The number of carboxylic acid groups (broad SMARTS) is 1. The smallest absolute Gasteiger partial charge is 0.326 e. The lowest BCUT2D eigenvalue weighted by Crippen LogP contribution is -2.33. The first kappa shape index (κ1) is 11.8. The quantitative estimate of drug-likeness (QED) is 0.868. The van der Waals surface area contributed by atoms with E-state index in [0.717, 1.165) is 28.6 Å². The maximum Gasteiger partial charge on any atom is 0.326 e. The van der Waals surface area contributed by atoms with Crippen LogP contribution in [-0.2, 0) is 11.2 Å². The van der Waals surface area contributed by atoms with Crippen molar-refractivity contribution < 1.29 is 14.6 Å². The van der Waals surface area contributed by atoms with E-state index in [1.54, 1.807) is 7.11 Å². The van der Waals surface area contributed by atoms with Crippen molar-refractivity contribution in [2.24, 2.45) is 0 Å². The molecule has 0 unspecified atom stereocenters. The van der Waals surface area contributed by atoms with E-state index in [1.807, 2.05) is 30.3 Å². The number of benzene rings is 2. The zero-order valence-corrected chi connectivity index (χ0v) is 10.6. The van der Waals surface area contributed by atoms with Crippen molar-refractivity contribution in [1.29, 1.82) is 0 Å². The molecule has 4 nitrogen and oxygen atoms in total. The molecule has 4 heteroatoms. The Morgan fingerprint density at radius 3 is 2.95 bits per heavy atom. The van der Waals surface area contributed by atoms with Crippen molar-refractivity contribution >= 4 is 22.4 Å². The first-order chi connectivity index (χ1) is 9.19. The normalized spacial score (nSPS) is 17.6. The third-order valence-electron chi connectivity index (χ3n) is 3.65. The Morgan fingerprint density at radius 1 is 1.37 bits per heavy atom. The summed E-state index contributed by atoms with van der Waals surface area (Å²) in [7, 11) is 1.65. The van der Waals surface area contributed by atoms with Crippen LogP contribution in [0.5, 0.6) is 5.75 Å². The molecule has 1 aliphatic heterocycles. The topological polar surface area (TPSA) is 58.6 Å². The lowest BCUT2D eigenvalue weighted by Gasteiger charge is -2.25. The molecule has 0 fully saturated rings. The Bertz CT molecular complexity index is 651. The number of rotatable bonds is 2. The van der Waals surface area contributed by atoms with Gasteiger partial charge in [-0.15, -0.1) is 0 Å². The minimum Gasteiger partial charge on any atom is -0.497 e. The van der Waals surface area contributed by atoms with Crippen LogP contribution in [0.4, 0.5) is 5.69 Å². The lowest BCUT2D eigenvalue weighted by atomic mass is 9.93. The molecule has 1 aliphatic rings. The highest BCUT2D eigenvalue weighted by Crippen LogP contribution is 2.33. The Hall–Kier alpha value is -2.23. The van der Waals surface area contributed by atoms with Gasteiger partial charge in [0.1, 0.15) is 11.8 Å². The Labute approximate surface area is 111 Å². The first-order valence-electron chi connectivity index (χ1n) is 6.28. The summed E-state index contributed by atoms with van der Waals surface area (Å²) in [5, 5.41) is 14.4. The van der Waals surface area contributed by atoms with Gasteiger partial charge < -0.3 is 15.2 Å². The van der Waals surface area contributed by atoms with Gasteiger partial charge in [-0.05, 0) is 47.4 Å². The molecule has 2 N–H and O–H groups in total. The van der Waals surface area contributed by atoms with Gasteiger partial charge in [-0.2, -0.15) is 0 Å². The summed E-state index contributed by atoms with van der Waals surface area (Å²) in [5.41, 5.74) is 2.12. The highest BCUT2D eigenvalue weighted by Gasteiger charge is 2.24. The second-order valence-corrected chi connectivity index (χ2v) is 4.75. The van der Waals surface area contributed by atoms with Gasteiger partial charge in [0, 0.05) is 5.69 Å². The van der Waals surface area contributed by atoms with Crippen LogP contribution >= 0.6 is 0 Å². The predicted molar refractivity (Wildman–Crippen MR) is 73.9 cm³/mol. The average Bonchev–Trinajstić information content (AvgIpc) is 2.45. The minimum atomic E-state index is -0.791. The molecule has 1 heterocycles. The number of nitrogens with one attached hydrogen (secondary N) is 1. The third-order valence-corrected chi connectivity index (χ3v) is 3.65. The fourth-order valence-corrected chi connectivity index (χ4v) is 2.64. The van der Waals surface area contributed by atoms with Gasteiger partial charge in [0.15, 0.2) is 0 Å². The molecule has 0 radical (unpaired) electrons. The number of hydrogen-bond donors (Lipinski definition) is 2. The van der Waals surface area contributed by atoms with Crippen LogP contribution in [0.2, 0.25) is 0 Å². The number of carboxylic acids is 1. The number of anilines is 1. The van der Waals surface area contributed by atoms with E-state index >= 15 is 0 Å². The van der Waals surface area contributed by atoms with Crippen molar-refractivity contribution in [3.63, 3.8) is 0 Å². The average molecular weight is 257 g/mol. The third kappa shape index (κ3) is 1.99. The molecule has 0 aromatic heterocycles. The predicted octanol–water partition coefficient (Wildman–Crippen LogP) is 2.66. The van der Waals surface area contributed by atoms with Crippen molar-refractivity contribution in [3.05, 3.63) is 35.9 Å². The fraction of sp³-hybridized carbons (Fsp3) is 0.267. The number of methoxy groups -OCH3 is 1. The highest BCUT2D eigenvalue weighted by atomic mass is 16.5. The molecular weight excluding hydrogens is 242 g/mol. The maximum absolute atomic E-state index is 11.0. The lowest BCUT2D eigenvalue weighted by molar-refractivity contribution is -0.138. The Balaban J connectivity index is 2.08. The van der Waals surface area contributed by atoms with E-state index in [0.29, 0.717) is 6.42 Å². The zero-order valence-electron chi connectivity index (χ0n) is 10.6. The van der Waals surface area contributed by atoms with Gasteiger partial charge in [-0.1, -0.05) is 12.1 Å². The van der Waals surface area contributed by atoms with E-state index in [-0.39, 0.29) is 0 Å². The summed E-state index contributed by atoms with van der Waals surface area (Å²) in [6.07, 6.45) is 1.40. The molecule has 0 amide bonds. The molecule has 0 aliphatic carbocycles. The Kier molecular flexibility index (Phi) is 2.78. The summed E-state index contributed by atoms with van der Waals surface area (Å²) in [4.78, 5) is 11.0. The van der Waals surface area contributed by atoms with Crippen LogP contribution in [0.25, 0.3) is 10.8 Å². The molecule has 3 rings (SSSR count). The zero-order chi connectivity index (χ0) is 13.4. The molecule has 19 heavy (non-hydrogen) atoms. The van der Waals surface area contributed by atoms with E-state index in [2.05, 4.69) is 5.32 Å². The van der Waals surface area contributed by atoms with Crippen LogP contribution in [0.3, 0.4) is 0 Å². The maximum atomic E-state index is 11.0. The van der Waals surface area contributed by atoms with Crippen molar-refractivity contribution in [3.8, 4) is 5.75 Å². The fourth-order valence-electron chi connectivity index (χ4n) is 2.64. The monoisotopic (exact) mass is 257 g/mol. The summed E-state index contributed by atoms with van der Waals surface area (Å²) >= 11 is 0. The van der Waals surface area contributed by atoms with Gasteiger partial charge in [-0.3, -0.25) is 0 Å². The number of hydrogen-bond acceptors (Lipinski definition) is 3. The largest absolute Gasteiger partial charge is 0.497 e. The molecule has 98 valence electrons. The summed E-state index contributed by atoms with van der Waals surface area (Å²) in [6, 6.07) is 9.43. The number of ether oxygens (including phenoxy) is 1. The molecule has 0 spiro atoms. The number of fused-ring (bicyclic) bond motifs is 3. The van der Waals surface area contributed by atoms with Gasteiger partial charge in [0.25, 0.3) is 0 Å². The van der Waals surface area contributed by atoms with Crippen LogP contribution in [0.15, 0.2) is 30.3 Å². The highest BCUT2D eigenvalue weighted by molar-refractivity contribution is 5.92. The Morgan fingerprint density at radius 2 is 2.21 bits per heavy atom. The molecule has 0 saturated carbocycles. The van der Waals surface area contributed by atoms with E-state index < -0.39 is 12.0 Å². The summed E-state index contributed by atoms with van der Waals surface area (Å²) in [6.45, 7) is 0. The van der Waals surface area contributed by atoms with Crippen molar-refractivity contribution in [1.82, 2.24) is 0 Å². The van der Waals surface area contributed by atoms with Gasteiger partial charge in [-0.25, -0.2) is 4.79 Å². The van der Waals surface area contributed by atoms with Crippen LogP contribution in [0, 0.1) is 0 Å². The van der Waals surface area contributed by atoms with Gasteiger partial charge >= 0.3 is 5.97 Å². The van der Waals surface area contributed by atoms with Gasteiger partial charge in [0.2, 0.25) is 0 Å². The van der Waals surface area contributed by atoms with Crippen molar-refractivity contribution in [2.75, 3.05) is 12.4 Å². The van der Waals surface area contributed by atoms with Crippen molar-refractivity contribution in [2.45, 2.75) is 18.9 Å². The van der Waals surface area contributed by atoms with Crippen LogP contribution in [-0.4, -0.2) is 24.2 Å². The van der Waals surface area contributed by atoms with E-state index in [4.69, 9.17) is 9.84 Å². The summed E-state index contributed by atoms with van der Waals surface area (Å²) in [5.74, 6) is 0.0418. The molecule has 1 atom stereocenters. The van der Waals surface area contributed by atoms with Gasteiger partial charge in [0.05, 0.1) is 7.11 Å². The standard InChI is InChI=1S/C15H15NO3/c1-19-10-3-4-11-9(8-10)2-6-13-12(11)5-7-14(16-13)15(17)18/h2-4,6,8,14,16H,5,7H2,1H3,(H,17,18)/t14-/m1/s1. The molecular formula is C15H15NO3. The molecule has 0 bridgehead atoms. The minimum absolute atomic E-state index is 0.483. The molecule has 2 aromatic rings. The first-order valence-corrected chi connectivity index (χ1v) is 6.28. The second-order valence-electron chi connectivity index (χ2n) is 4.75.